The van der Waals surface area contributed by atoms with Gasteiger partial charge in [-0.15, -0.1) is 0 Å². The molecule has 0 saturated carbocycles. The fourth-order valence-corrected chi connectivity index (χ4v) is 1.87. The number of carbonyl (C=O) groups is 1. The lowest BCUT2D eigenvalue weighted by molar-refractivity contribution is -0.117. The SMILES string of the molecule is CCOc1ccc(CN(C)CCC(C)=O)cc1C. The summed E-state index contributed by atoms with van der Waals surface area (Å²) >= 11 is 0. The molecule has 0 saturated heterocycles. The van der Waals surface area contributed by atoms with E-state index in [0.717, 1.165) is 24.4 Å². The predicted molar refractivity (Wildman–Crippen MR) is 74.0 cm³/mol. The average molecular weight is 249 g/mol. The van der Waals surface area contributed by atoms with E-state index in [9.17, 15) is 4.79 Å². The van der Waals surface area contributed by atoms with Crippen LogP contribution in [0.1, 0.15) is 31.4 Å². The highest BCUT2D eigenvalue weighted by Gasteiger charge is 2.04. The molecule has 0 atom stereocenters. The number of hydrogen-bond acceptors (Lipinski definition) is 3. The second kappa shape index (κ2) is 7.17. The molecule has 0 fully saturated rings. The van der Waals surface area contributed by atoms with Crippen LogP contribution in [0.25, 0.3) is 0 Å². The van der Waals surface area contributed by atoms with Crippen molar-refractivity contribution in [2.45, 2.75) is 33.7 Å². The third-order valence-electron chi connectivity index (χ3n) is 2.84. The summed E-state index contributed by atoms with van der Waals surface area (Å²) in [4.78, 5) is 13.1. The summed E-state index contributed by atoms with van der Waals surface area (Å²) < 4.78 is 5.52. The maximum atomic E-state index is 10.9. The molecule has 0 heterocycles. The molecule has 1 aromatic rings. The molecule has 3 heteroatoms. The van der Waals surface area contributed by atoms with Gasteiger partial charge >= 0.3 is 0 Å². The van der Waals surface area contributed by atoms with Gasteiger partial charge in [0.15, 0.2) is 0 Å². The van der Waals surface area contributed by atoms with Crippen molar-refractivity contribution in [3.63, 3.8) is 0 Å². The molecule has 0 aliphatic rings. The van der Waals surface area contributed by atoms with Crippen molar-refractivity contribution in [3.8, 4) is 5.75 Å². The lowest BCUT2D eigenvalue weighted by Gasteiger charge is -2.17. The summed E-state index contributed by atoms with van der Waals surface area (Å²) in [6.45, 7) is 8.04. The molecule has 1 rings (SSSR count). The number of benzene rings is 1. The van der Waals surface area contributed by atoms with Gasteiger partial charge < -0.3 is 9.64 Å². The molecule has 18 heavy (non-hydrogen) atoms. The topological polar surface area (TPSA) is 29.5 Å². The average Bonchev–Trinajstić information content (AvgIpc) is 2.30. The Kier molecular flexibility index (Phi) is 5.86. The number of aryl methyl sites for hydroxylation is 1. The maximum Gasteiger partial charge on any atom is 0.131 e. The predicted octanol–water partition coefficient (Wildman–Crippen LogP) is 2.80. The van der Waals surface area contributed by atoms with Gasteiger partial charge in [0.05, 0.1) is 6.61 Å². The lowest BCUT2D eigenvalue weighted by Crippen LogP contribution is -2.20. The van der Waals surface area contributed by atoms with E-state index in [1.165, 1.54) is 5.56 Å². The van der Waals surface area contributed by atoms with Crippen molar-refractivity contribution >= 4 is 5.78 Å². The molecule has 0 aliphatic heterocycles. The fourth-order valence-electron chi connectivity index (χ4n) is 1.87. The fraction of sp³-hybridized carbons (Fsp3) is 0.533. The molecule has 1 aromatic carbocycles. The molecule has 0 N–H and O–H groups in total. The van der Waals surface area contributed by atoms with Gasteiger partial charge in [-0.1, -0.05) is 12.1 Å². The second-order valence-corrected chi connectivity index (χ2v) is 4.72. The first-order chi connectivity index (χ1) is 8.52. The van der Waals surface area contributed by atoms with Gasteiger partial charge in [0.25, 0.3) is 0 Å². The summed E-state index contributed by atoms with van der Waals surface area (Å²) in [5.41, 5.74) is 2.41. The van der Waals surface area contributed by atoms with Crippen LogP contribution in [-0.2, 0) is 11.3 Å². The Hall–Kier alpha value is -1.35. The molecular formula is C15H23NO2. The Morgan fingerprint density at radius 2 is 2.11 bits per heavy atom. The first kappa shape index (κ1) is 14.7. The van der Waals surface area contributed by atoms with Crippen molar-refractivity contribution in [2.75, 3.05) is 20.2 Å². The van der Waals surface area contributed by atoms with Crippen molar-refractivity contribution in [1.82, 2.24) is 4.90 Å². The largest absolute Gasteiger partial charge is 0.494 e. The third kappa shape index (κ3) is 4.88. The Bertz CT molecular complexity index is 401. The van der Waals surface area contributed by atoms with E-state index in [4.69, 9.17) is 4.74 Å². The molecule has 100 valence electrons. The Morgan fingerprint density at radius 1 is 1.39 bits per heavy atom. The third-order valence-corrected chi connectivity index (χ3v) is 2.84. The summed E-state index contributed by atoms with van der Waals surface area (Å²) in [6.07, 6.45) is 0.618. The van der Waals surface area contributed by atoms with Gasteiger partial charge in [-0.05, 0) is 45.0 Å². The van der Waals surface area contributed by atoms with Gasteiger partial charge in [0.1, 0.15) is 11.5 Å². The minimum Gasteiger partial charge on any atom is -0.494 e. The zero-order chi connectivity index (χ0) is 13.5. The Morgan fingerprint density at radius 3 is 2.67 bits per heavy atom. The van der Waals surface area contributed by atoms with Crippen LogP contribution in [0.3, 0.4) is 0 Å². The number of hydrogen-bond donors (Lipinski definition) is 0. The Balaban J connectivity index is 2.57. The van der Waals surface area contributed by atoms with Crippen LogP contribution < -0.4 is 4.74 Å². The van der Waals surface area contributed by atoms with Crippen LogP contribution in [0.4, 0.5) is 0 Å². The van der Waals surface area contributed by atoms with E-state index in [2.05, 4.69) is 24.0 Å². The van der Waals surface area contributed by atoms with Crippen LogP contribution >= 0.6 is 0 Å². The van der Waals surface area contributed by atoms with Crippen LogP contribution in [-0.4, -0.2) is 30.9 Å². The van der Waals surface area contributed by atoms with E-state index < -0.39 is 0 Å². The summed E-state index contributed by atoms with van der Waals surface area (Å²) in [6, 6.07) is 6.25. The molecule has 0 aromatic heterocycles. The van der Waals surface area contributed by atoms with Gasteiger partial charge in [0.2, 0.25) is 0 Å². The summed E-state index contributed by atoms with van der Waals surface area (Å²) in [5.74, 6) is 1.19. The highest BCUT2D eigenvalue weighted by molar-refractivity contribution is 5.75. The Labute approximate surface area is 110 Å². The minimum atomic E-state index is 0.240. The first-order valence-electron chi connectivity index (χ1n) is 6.43. The summed E-state index contributed by atoms with van der Waals surface area (Å²) in [7, 11) is 2.04. The number of nitrogens with zero attached hydrogens (tertiary/aromatic N) is 1. The monoisotopic (exact) mass is 249 g/mol. The van der Waals surface area contributed by atoms with E-state index in [1.807, 2.05) is 20.0 Å². The van der Waals surface area contributed by atoms with E-state index in [0.29, 0.717) is 13.0 Å². The van der Waals surface area contributed by atoms with Gasteiger partial charge in [-0.3, -0.25) is 4.79 Å². The van der Waals surface area contributed by atoms with Crippen LogP contribution in [0, 0.1) is 6.92 Å². The molecule has 0 bridgehead atoms. The smallest absolute Gasteiger partial charge is 0.131 e. The number of ether oxygens (including phenoxy) is 1. The zero-order valence-electron chi connectivity index (χ0n) is 11.8. The molecule has 0 aliphatic carbocycles. The van der Waals surface area contributed by atoms with E-state index >= 15 is 0 Å². The highest BCUT2D eigenvalue weighted by Crippen LogP contribution is 2.19. The molecular weight excluding hydrogens is 226 g/mol. The molecule has 0 radical (unpaired) electrons. The highest BCUT2D eigenvalue weighted by atomic mass is 16.5. The van der Waals surface area contributed by atoms with Gasteiger partial charge in [-0.25, -0.2) is 0 Å². The van der Waals surface area contributed by atoms with Crippen molar-refractivity contribution in [3.05, 3.63) is 29.3 Å². The number of carbonyl (C=O) groups excluding carboxylic acids is 1. The van der Waals surface area contributed by atoms with E-state index in [-0.39, 0.29) is 5.78 Å². The molecule has 0 amide bonds. The second-order valence-electron chi connectivity index (χ2n) is 4.72. The van der Waals surface area contributed by atoms with E-state index in [1.54, 1.807) is 6.92 Å². The van der Waals surface area contributed by atoms with Gasteiger partial charge in [-0.2, -0.15) is 0 Å². The minimum absolute atomic E-state index is 0.240. The quantitative estimate of drug-likeness (QED) is 0.744. The van der Waals surface area contributed by atoms with Crippen molar-refractivity contribution < 1.29 is 9.53 Å². The zero-order valence-corrected chi connectivity index (χ0v) is 11.8. The standard InChI is InChI=1S/C15H23NO2/c1-5-18-15-7-6-14(10-12(15)2)11-16(4)9-8-13(3)17/h6-7,10H,5,8-9,11H2,1-4H3. The molecule has 3 nitrogen and oxygen atoms in total. The normalized spacial score (nSPS) is 10.7. The lowest BCUT2D eigenvalue weighted by atomic mass is 10.1. The molecule has 0 unspecified atom stereocenters. The first-order valence-corrected chi connectivity index (χ1v) is 6.43. The number of Topliss-reactive ketones (excluding diaryl/α,β-unsaturated/α-hetero) is 1. The summed E-state index contributed by atoms with van der Waals surface area (Å²) in [5, 5.41) is 0. The number of rotatable bonds is 7. The van der Waals surface area contributed by atoms with Crippen LogP contribution in [0.2, 0.25) is 0 Å². The van der Waals surface area contributed by atoms with Crippen molar-refractivity contribution in [2.24, 2.45) is 0 Å². The maximum absolute atomic E-state index is 10.9. The van der Waals surface area contributed by atoms with Gasteiger partial charge in [0, 0.05) is 19.5 Å². The van der Waals surface area contributed by atoms with Crippen LogP contribution in [0.15, 0.2) is 18.2 Å². The number of ketones is 1. The van der Waals surface area contributed by atoms with Crippen LogP contribution in [0.5, 0.6) is 5.75 Å². The molecule has 0 spiro atoms. The van der Waals surface area contributed by atoms with Crippen molar-refractivity contribution in [1.29, 1.82) is 0 Å².